The standard InChI is InChI=1S/C44H74ClN5O8/c1-16-28(7)38(49(13)42(54)37(26(4)5)48-41(53)36(46-12)25(2)3)34(56-14)23-35(51)50-24-27(6)21-33(50)39(57-15)29(8)40(52)47-32(43(55)58-44(9,10)11)22-30-19-17-18-20-31(30)45/h17-20,25-29,32-34,36-39,46H,16,21-24H2,1-15H3,(H,47,52)(H,48,53)/t27-,28+,29-,32?,33+,34-,36+,37+,38+,39?/m1/s1. The molecule has 3 N–H and O–H groups in total. The smallest absolute Gasteiger partial charge is 0.329 e. The van der Waals surface area contributed by atoms with Crippen molar-refractivity contribution < 1.29 is 38.2 Å². The van der Waals surface area contributed by atoms with Crippen LogP contribution in [0.25, 0.3) is 0 Å². The van der Waals surface area contributed by atoms with Gasteiger partial charge in [-0.15, -0.1) is 0 Å². The molecular formula is C44H74ClN5O8. The monoisotopic (exact) mass is 836 g/mol. The molecule has 1 aliphatic rings. The molecule has 0 bridgehead atoms. The van der Waals surface area contributed by atoms with E-state index in [1.54, 1.807) is 76.9 Å². The molecule has 1 aromatic rings. The highest BCUT2D eigenvalue weighted by Crippen LogP contribution is 2.32. The van der Waals surface area contributed by atoms with Gasteiger partial charge in [0.05, 0.1) is 42.7 Å². The zero-order valence-electron chi connectivity index (χ0n) is 37.8. The van der Waals surface area contributed by atoms with E-state index in [0.29, 0.717) is 30.0 Å². The minimum Gasteiger partial charge on any atom is -0.458 e. The van der Waals surface area contributed by atoms with E-state index in [1.165, 1.54) is 7.11 Å². The lowest BCUT2D eigenvalue weighted by Gasteiger charge is -2.41. The van der Waals surface area contributed by atoms with Crippen LogP contribution >= 0.6 is 11.6 Å². The second-order valence-electron chi connectivity index (χ2n) is 17.9. The molecule has 1 fully saturated rings. The lowest BCUT2D eigenvalue weighted by Crippen LogP contribution is -2.59. The second kappa shape index (κ2) is 22.9. The van der Waals surface area contributed by atoms with E-state index < -0.39 is 65.8 Å². The van der Waals surface area contributed by atoms with Crippen molar-refractivity contribution in [2.75, 3.05) is 34.9 Å². The predicted octanol–water partition coefficient (Wildman–Crippen LogP) is 5.26. The van der Waals surface area contributed by atoms with Crippen molar-refractivity contribution in [3.63, 3.8) is 0 Å². The molecule has 0 spiro atoms. The number of hydrogen-bond donors (Lipinski definition) is 3. The number of benzene rings is 1. The summed E-state index contributed by atoms with van der Waals surface area (Å²) in [5.41, 5.74) is -0.0975. The SMILES string of the molecule is CC[C@H](C)[C@@H]([C@@H](CC(=O)N1C[C@H](C)C[C@H]1C(OC)[C@@H](C)C(=O)NC(Cc1ccccc1Cl)C(=O)OC(C)(C)C)OC)N(C)C(=O)[C@@H](NC(=O)[C@@H](NC)C(C)C)C(C)C. The Morgan fingerprint density at radius 2 is 1.53 bits per heavy atom. The summed E-state index contributed by atoms with van der Waals surface area (Å²) in [7, 11) is 6.51. The van der Waals surface area contributed by atoms with Crippen molar-refractivity contribution in [1.82, 2.24) is 25.8 Å². The van der Waals surface area contributed by atoms with Crippen LogP contribution in [0, 0.1) is 29.6 Å². The Labute approximate surface area is 353 Å². The molecule has 0 radical (unpaired) electrons. The second-order valence-corrected chi connectivity index (χ2v) is 18.3. The lowest BCUT2D eigenvalue weighted by atomic mass is 9.89. The molecule has 1 saturated heterocycles. The zero-order chi connectivity index (χ0) is 44.2. The molecule has 0 aliphatic carbocycles. The number of ether oxygens (including phenoxy) is 3. The van der Waals surface area contributed by atoms with Gasteiger partial charge in [0.1, 0.15) is 17.7 Å². The molecule has 2 rings (SSSR count). The Morgan fingerprint density at radius 1 is 0.931 bits per heavy atom. The number of likely N-dealkylation sites (N-methyl/N-ethyl adjacent to an activating group) is 2. The number of methoxy groups -OCH3 is 2. The van der Waals surface area contributed by atoms with Gasteiger partial charge < -0.3 is 40.0 Å². The number of amides is 4. The predicted molar refractivity (Wildman–Crippen MR) is 228 cm³/mol. The Morgan fingerprint density at radius 3 is 2.03 bits per heavy atom. The van der Waals surface area contributed by atoms with Crippen LogP contribution in [0.1, 0.15) is 101 Å². The molecule has 1 aromatic carbocycles. The van der Waals surface area contributed by atoms with Crippen molar-refractivity contribution >= 4 is 41.2 Å². The lowest BCUT2D eigenvalue weighted by molar-refractivity contribution is -0.159. The van der Waals surface area contributed by atoms with Gasteiger partial charge in [0.2, 0.25) is 23.6 Å². The van der Waals surface area contributed by atoms with E-state index in [4.69, 9.17) is 25.8 Å². The first-order chi connectivity index (χ1) is 27.0. The third-order valence-corrected chi connectivity index (χ3v) is 11.8. The van der Waals surface area contributed by atoms with E-state index >= 15 is 0 Å². The summed E-state index contributed by atoms with van der Waals surface area (Å²) in [4.78, 5) is 72.8. The van der Waals surface area contributed by atoms with Gasteiger partial charge in [-0.1, -0.05) is 91.6 Å². The van der Waals surface area contributed by atoms with Gasteiger partial charge in [-0.25, -0.2) is 4.79 Å². The number of hydrogen-bond acceptors (Lipinski definition) is 9. The highest BCUT2D eigenvalue weighted by molar-refractivity contribution is 6.31. The van der Waals surface area contributed by atoms with Gasteiger partial charge in [0.15, 0.2) is 0 Å². The Bertz CT molecular complexity index is 1520. The first-order valence-electron chi connectivity index (χ1n) is 20.9. The number of nitrogens with zero attached hydrogens (tertiary/aromatic N) is 2. The van der Waals surface area contributed by atoms with Crippen LogP contribution in [-0.4, -0.2) is 122 Å². The Balaban J connectivity index is 2.37. The Kier molecular flexibility index (Phi) is 20.1. The van der Waals surface area contributed by atoms with Crippen molar-refractivity contribution in [3.8, 4) is 0 Å². The molecule has 1 heterocycles. The van der Waals surface area contributed by atoms with Gasteiger partial charge in [-0.05, 0) is 69.5 Å². The maximum absolute atomic E-state index is 14.4. The molecule has 4 amide bonds. The summed E-state index contributed by atoms with van der Waals surface area (Å²) in [6.45, 7) is 21.3. The number of nitrogens with one attached hydrogen (secondary N) is 3. The number of rotatable bonds is 21. The molecule has 0 saturated carbocycles. The minimum absolute atomic E-state index is 0.0167. The van der Waals surface area contributed by atoms with Crippen LogP contribution in [0.5, 0.6) is 0 Å². The molecule has 13 nitrogen and oxygen atoms in total. The van der Waals surface area contributed by atoms with Crippen LogP contribution in [0.3, 0.4) is 0 Å². The maximum atomic E-state index is 14.4. The van der Waals surface area contributed by atoms with Gasteiger partial charge in [-0.2, -0.15) is 0 Å². The fraction of sp³-hybridized carbons (Fsp3) is 0.750. The average molecular weight is 837 g/mol. The van der Waals surface area contributed by atoms with Crippen molar-refractivity contribution in [3.05, 3.63) is 34.9 Å². The number of esters is 1. The summed E-state index contributed by atoms with van der Waals surface area (Å²) in [6, 6.07) is 3.94. The average Bonchev–Trinajstić information content (AvgIpc) is 3.53. The van der Waals surface area contributed by atoms with E-state index in [1.807, 2.05) is 47.6 Å². The summed E-state index contributed by atoms with van der Waals surface area (Å²) in [6.07, 6.45) is 0.0516. The number of likely N-dealkylation sites (tertiary alicyclic amines) is 1. The van der Waals surface area contributed by atoms with Crippen LogP contribution in [0.4, 0.5) is 0 Å². The van der Waals surface area contributed by atoms with Crippen molar-refractivity contribution in [2.24, 2.45) is 29.6 Å². The topological polar surface area (TPSA) is 156 Å². The fourth-order valence-electron chi connectivity index (χ4n) is 8.04. The highest BCUT2D eigenvalue weighted by atomic mass is 35.5. The Hall–Kier alpha value is -3.26. The van der Waals surface area contributed by atoms with Gasteiger partial charge >= 0.3 is 5.97 Å². The van der Waals surface area contributed by atoms with Crippen LogP contribution in [-0.2, 0) is 44.6 Å². The molecule has 1 aliphatic heterocycles. The molecule has 58 heavy (non-hydrogen) atoms. The molecule has 2 unspecified atom stereocenters. The number of carbonyl (C=O) groups excluding carboxylic acids is 5. The fourth-order valence-corrected chi connectivity index (χ4v) is 8.26. The normalized spacial score (nSPS) is 20.1. The van der Waals surface area contributed by atoms with Gasteiger partial charge in [0, 0.05) is 39.3 Å². The third-order valence-electron chi connectivity index (χ3n) is 11.4. The van der Waals surface area contributed by atoms with Gasteiger partial charge in [-0.3, -0.25) is 19.2 Å². The first-order valence-corrected chi connectivity index (χ1v) is 21.3. The summed E-state index contributed by atoms with van der Waals surface area (Å²) in [5, 5.41) is 9.41. The molecule has 14 heteroatoms. The largest absolute Gasteiger partial charge is 0.458 e. The van der Waals surface area contributed by atoms with Crippen molar-refractivity contribution in [2.45, 2.75) is 150 Å². The van der Waals surface area contributed by atoms with E-state index in [2.05, 4.69) is 22.9 Å². The number of halogens is 1. The van der Waals surface area contributed by atoms with E-state index in [-0.39, 0.29) is 54.2 Å². The van der Waals surface area contributed by atoms with Crippen LogP contribution in [0.2, 0.25) is 5.02 Å². The molecule has 0 aromatic heterocycles. The van der Waals surface area contributed by atoms with Crippen LogP contribution in [0.15, 0.2) is 24.3 Å². The summed E-state index contributed by atoms with van der Waals surface area (Å²) in [5.74, 6) is -2.57. The van der Waals surface area contributed by atoms with E-state index in [0.717, 1.165) is 0 Å². The summed E-state index contributed by atoms with van der Waals surface area (Å²) >= 11 is 6.45. The molecule has 10 atom stereocenters. The molecule has 330 valence electrons. The highest BCUT2D eigenvalue weighted by Gasteiger charge is 2.45. The summed E-state index contributed by atoms with van der Waals surface area (Å²) < 4.78 is 17.8. The zero-order valence-corrected chi connectivity index (χ0v) is 38.6. The third kappa shape index (κ3) is 13.9. The van der Waals surface area contributed by atoms with E-state index in [9.17, 15) is 24.0 Å². The first kappa shape index (κ1) is 50.9. The number of carbonyl (C=O) groups is 5. The maximum Gasteiger partial charge on any atom is 0.329 e. The molecular weight excluding hydrogens is 762 g/mol. The van der Waals surface area contributed by atoms with Crippen molar-refractivity contribution in [1.29, 1.82) is 0 Å². The van der Waals surface area contributed by atoms with Gasteiger partial charge in [0.25, 0.3) is 0 Å². The minimum atomic E-state index is -1.02. The quantitative estimate of drug-likeness (QED) is 0.141. The van der Waals surface area contributed by atoms with Crippen LogP contribution < -0.4 is 16.0 Å².